The topological polar surface area (TPSA) is 88.2 Å². The summed E-state index contributed by atoms with van der Waals surface area (Å²) in [6.07, 6.45) is 8.23. The van der Waals surface area contributed by atoms with Gasteiger partial charge in [-0.3, -0.25) is 0 Å². The molecule has 2 aromatic carbocycles. The van der Waals surface area contributed by atoms with Crippen LogP contribution in [0.1, 0.15) is 61.1 Å². The Balaban J connectivity index is 1.27. The zero-order valence-corrected chi connectivity index (χ0v) is 22.7. The predicted molar refractivity (Wildman–Crippen MR) is 155 cm³/mol. The van der Waals surface area contributed by atoms with Crippen LogP contribution in [0.4, 0.5) is 11.5 Å². The molecule has 0 radical (unpaired) electrons. The van der Waals surface area contributed by atoms with E-state index in [1.165, 1.54) is 11.1 Å². The van der Waals surface area contributed by atoms with Gasteiger partial charge in [-0.05, 0) is 92.1 Å². The molecule has 1 aliphatic carbocycles. The van der Waals surface area contributed by atoms with Crippen molar-refractivity contribution in [2.75, 3.05) is 43.1 Å². The maximum Gasteiger partial charge on any atom is 0.150 e. The number of nitrogens with zero attached hydrogens (tertiary/aromatic N) is 5. The fraction of sp³-hybridized carbons (Fsp3) is 0.406. The third-order valence-electron chi connectivity index (χ3n) is 8.42. The molecule has 2 aliphatic heterocycles. The van der Waals surface area contributed by atoms with Gasteiger partial charge >= 0.3 is 0 Å². The molecule has 8 heteroatoms. The lowest BCUT2D eigenvalue weighted by Crippen LogP contribution is -2.36. The van der Waals surface area contributed by atoms with E-state index in [2.05, 4.69) is 62.3 Å². The number of anilines is 2. The van der Waals surface area contributed by atoms with E-state index in [0.717, 1.165) is 111 Å². The molecule has 4 heterocycles. The van der Waals surface area contributed by atoms with Crippen molar-refractivity contribution in [3.05, 3.63) is 71.4 Å². The second kappa shape index (κ2) is 10.9. The van der Waals surface area contributed by atoms with Crippen LogP contribution in [0.2, 0.25) is 0 Å². The number of hydrogen-bond acceptors (Lipinski definition) is 7. The molecule has 0 spiro atoms. The molecule has 8 nitrogen and oxygen atoms in total. The smallest absolute Gasteiger partial charge is 0.150 e. The van der Waals surface area contributed by atoms with Crippen LogP contribution in [0.3, 0.4) is 0 Å². The molecule has 204 valence electrons. The molecule has 2 aromatic heterocycles. The van der Waals surface area contributed by atoms with Crippen LogP contribution in [0.5, 0.6) is 0 Å². The molecular formula is C32H34N6O2. The first-order valence-electron chi connectivity index (χ1n) is 14.5. The van der Waals surface area contributed by atoms with Gasteiger partial charge in [-0.1, -0.05) is 6.07 Å². The summed E-state index contributed by atoms with van der Waals surface area (Å²) in [5.74, 6) is 0.960. The minimum absolute atomic E-state index is 0.0519. The lowest BCUT2D eigenvalue weighted by Gasteiger charge is -2.28. The van der Waals surface area contributed by atoms with Crippen LogP contribution in [0, 0.1) is 11.3 Å². The number of nitriles is 1. The van der Waals surface area contributed by atoms with Gasteiger partial charge < -0.3 is 19.7 Å². The Morgan fingerprint density at radius 1 is 0.950 bits per heavy atom. The summed E-state index contributed by atoms with van der Waals surface area (Å²) in [6, 6.07) is 19.4. The number of morpholine rings is 1. The van der Waals surface area contributed by atoms with Crippen molar-refractivity contribution in [2.24, 2.45) is 0 Å². The Labute approximate surface area is 234 Å². The number of fused-ring (bicyclic) bond motifs is 2. The standard InChI is InChI=1S/C32H34N6O2/c33-21-22-7-9-26-23(18-22)4-3-5-28(26)35-25-8-10-29-27(20-25)32(36-38(29)31-6-1-2-15-40-31)24-11-12-34-30(19-24)37-13-16-39-17-14-37/h7-12,18-20,28,31,35H,1-6,13-17H2/t28-,31?/m1/s1. The summed E-state index contributed by atoms with van der Waals surface area (Å²) in [6.45, 7) is 3.90. The Bertz CT molecular complexity index is 1560. The third kappa shape index (κ3) is 4.80. The lowest BCUT2D eigenvalue weighted by atomic mass is 9.86. The first-order chi connectivity index (χ1) is 19.8. The molecule has 1 N–H and O–H groups in total. The van der Waals surface area contributed by atoms with E-state index in [-0.39, 0.29) is 12.3 Å². The van der Waals surface area contributed by atoms with Crippen LogP contribution in [-0.2, 0) is 15.9 Å². The van der Waals surface area contributed by atoms with Crippen molar-refractivity contribution < 1.29 is 9.47 Å². The summed E-state index contributed by atoms with van der Waals surface area (Å²) in [4.78, 5) is 6.95. The van der Waals surface area contributed by atoms with Gasteiger partial charge in [0.2, 0.25) is 0 Å². The van der Waals surface area contributed by atoms with Crippen molar-refractivity contribution in [1.29, 1.82) is 5.26 Å². The first-order valence-corrected chi connectivity index (χ1v) is 14.5. The maximum atomic E-state index is 9.35. The van der Waals surface area contributed by atoms with Gasteiger partial charge in [0.15, 0.2) is 6.23 Å². The third-order valence-corrected chi connectivity index (χ3v) is 8.42. The monoisotopic (exact) mass is 534 g/mol. The van der Waals surface area contributed by atoms with Crippen LogP contribution in [0.25, 0.3) is 22.2 Å². The van der Waals surface area contributed by atoms with E-state index < -0.39 is 0 Å². The molecule has 2 atom stereocenters. The fourth-order valence-corrected chi connectivity index (χ4v) is 6.35. The summed E-state index contributed by atoms with van der Waals surface area (Å²) >= 11 is 0. The van der Waals surface area contributed by atoms with E-state index >= 15 is 0 Å². The van der Waals surface area contributed by atoms with Crippen molar-refractivity contribution in [3.63, 3.8) is 0 Å². The highest BCUT2D eigenvalue weighted by Crippen LogP contribution is 2.38. The Hall–Kier alpha value is -3.93. The first kappa shape index (κ1) is 25.1. The van der Waals surface area contributed by atoms with Crippen LogP contribution in [-0.4, -0.2) is 47.7 Å². The van der Waals surface area contributed by atoms with E-state index in [4.69, 9.17) is 14.6 Å². The van der Waals surface area contributed by atoms with Crippen LogP contribution in [0.15, 0.2) is 54.7 Å². The number of ether oxygens (including phenoxy) is 2. The molecular weight excluding hydrogens is 500 g/mol. The normalized spacial score (nSPS) is 21.1. The molecule has 40 heavy (non-hydrogen) atoms. The largest absolute Gasteiger partial charge is 0.378 e. The second-order valence-electron chi connectivity index (χ2n) is 11.0. The van der Waals surface area contributed by atoms with Crippen molar-refractivity contribution in [1.82, 2.24) is 14.8 Å². The lowest BCUT2D eigenvalue weighted by molar-refractivity contribution is -0.0365. The van der Waals surface area contributed by atoms with Gasteiger partial charge in [0.05, 0.1) is 36.4 Å². The van der Waals surface area contributed by atoms with E-state index in [0.29, 0.717) is 0 Å². The van der Waals surface area contributed by atoms with Gasteiger partial charge in [-0.2, -0.15) is 10.4 Å². The average molecular weight is 535 g/mol. The number of hydrogen-bond donors (Lipinski definition) is 1. The quantitative estimate of drug-likeness (QED) is 0.336. The highest BCUT2D eigenvalue weighted by Gasteiger charge is 2.24. The molecule has 2 saturated heterocycles. The number of benzene rings is 2. The van der Waals surface area contributed by atoms with Gasteiger partial charge in [-0.25, -0.2) is 9.67 Å². The van der Waals surface area contributed by atoms with Crippen molar-refractivity contribution >= 4 is 22.4 Å². The number of nitrogens with one attached hydrogen (secondary N) is 1. The number of rotatable bonds is 5. The maximum absolute atomic E-state index is 9.35. The average Bonchev–Trinajstić information content (AvgIpc) is 3.41. The molecule has 0 amide bonds. The van der Waals surface area contributed by atoms with Crippen molar-refractivity contribution in [2.45, 2.75) is 50.8 Å². The Kier molecular flexibility index (Phi) is 6.84. The highest BCUT2D eigenvalue weighted by atomic mass is 16.5. The SMILES string of the molecule is N#Cc1ccc2c(c1)CCC[C@H]2Nc1ccc2c(c1)c(-c1ccnc(N3CCOCC3)c1)nn2C1CCCCO1. The molecule has 1 unspecified atom stereocenters. The van der Waals surface area contributed by atoms with Gasteiger partial charge in [0.25, 0.3) is 0 Å². The molecule has 0 saturated carbocycles. The van der Waals surface area contributed by atoms with Gasteiger partial charge in [0.1, 0.15) is 11.5 Å². The molecule has 2 fully saturated rings. The Morgan fingerprint density at radius 3 is 2.73 bits per heavy atom. The van der Waals surface area contributed by atoms with Gasteiger partial charge in [-0.15, -0.1) is 0 Å². The summed E-state index contributed by atoms with van der Waals surface area (Å²) in [7, 11) is 0. The summed E-state index contributed by atoms with van der Waals surface area (Å²) in [5.41, 5.74) is 7.46. The molecule has 4 aromatic rings. The predicted octanol–water partition coefficient (Wildman–Crippen LogP) is 6.00. The van der Waals surface area contributed by atoms with E-state index in [1.807, 2.05) is 18.3 Å². The minimum Gasteiger partial charge on any atom is -0.378 e. The highest BCUT2D eigenvalue weighted by molar-refractivity contribution is 5.95. The molecule has 0 bridgehead atoms. The number of aromatic nitrogens is 3. The zero-order chi connectivity index (χ0) is 26.9. The zero-order valence-electron chi connectivity index (χ0n) is 22.7. The molecule has 7 rings (SSSR count). The van der Waals surface area contributed by atoms with Gasteiger partial charge in [0, 0.05) is 42.5 Å². The minimum atomic E-state index is -0.0519. The Morgan fingerprint density at radius 2 is 1.88 bits per heavy atom. The van der Waals surface area contributed by atoms with Crippen molar-refractivity contribution in [3.8, 4) is 17.3 Å². The van der Waals surface area contributed by atoms with Crippen LogP contribution < -0.4 is 10.2 Å². The van der Waals surface area contributed by atoms with E-state index in [9.17, 15) is 5.26 Å². The summed E-state index contributed by atoms with van der Waals surface area (Å²) < 4.78 is 13.8. The number of pyridine rings is 1. The fourth-order valence-electron chi connectivity index (χ4n) is 6.35. The van der Waals surface area contributed by atoms with Crippen LogP contribution >= 0.6 is 0 Å². The summed E-state index contributed by atoms with van der Waals surface area (Å²) in [5, 5.41) is 19.4. The molecule has 3 aliphatic rings. The van der Waals surface area contributed by atoms with E-state index in [1.54, 1.807) is 0 Å². The second-order valence-corrected chi connectivity index (χ2v) is 11.0. The number of aryl methyl sites for hydroxylation is 1.